The molecule has 2 amide bonds. The number of sulfonamides is 3. The molecule has 6 aromatic rings. The molecule has 0 saturated carbocycles. The lowest BCUT2D eigenvalue weighted by molar-refractivity contribution is -0.112. The van der Waals surface area contributed by atoms with Crippen LogP contribution in [0.2, 0.25) is 0 Å². The van der Waals surface area contributed by atoms with E-state index in [9.17, 15) is 39.6 Å². The maximum absolute atomic E-state index is 12.3. The zero-order valence-electron chi connectivity index (χ0n) is 46.8. The smallest absolute Gasteiger partial charge is 0.296 e. The van der Waals surface area contributed by atoms with Gasteiger partial charge in [0, 0.05) is 92.9 Å². The Morgan fingerprint density at radius 3 is 1.36 bits per heavy atom. The Labute approximate surface area is 474 Å². The first-order chi connectivity index (χ1) is 38.2. The molecule has 0 fully saturated rings. The van der Waals surface area contributed by atoms with Crippen LogP contribution in [-0.4, -0.2) is 165 Å². The molecule has 0 spiro atoms. The zero-order chi connectivity index (χ0) is 58.9. The lowest BCUT2D eigenvalue weighted by atomic mass is 9.87. The van der Waals surface area contributed by atoms with Crippen LogP contribution in [0, 0.1) is 0 Å². The first-order valence-corrected chi connectivity index (χ1v) is 30.3. The Kier molecular flexibility index (Phi) is 17.8. The van der Waals surface area contributed by atoms with Crippen LogP contribution >= 0.6 is 0 Å². The summed E-state index contributed by atoms with van der Waals surface area (Å²) >= 11 is 0. The number of ketones is 1. The van der Waals surface area contributed by atoms with Crippen molar-refractivity contribution in [2.24, 2.45) is 5.16 Å². The van der Waals surface area contributed by atoms with Crippen LogP contribution in [0.25, 0.3) is 33.4 Å². The number of rotatable bonds is 11. The molecule has 81 heavy (non-hydrogen) atoms. The standard InChI is InChI=1S/C20H24N4O4S.C20H21N3O4S.C18H23N3O2S/c1-23(2)29(27,28)15-6-4-14(5-7-15)16-8-9-19(22-20(25)12-21-26)18-13-24(3)11-10-17(16)18;1-22(2)28(26,27)13-6-4-12(5-7-13)15-10-16-18(21-20(25)19(16)24)17-11-23(3)9-8-14(15)17;1-20(2)24(22,23)14-6-4-13(5-7-14)15-8-9-18(19)17-12-21(3)11-10-16(15)17/h4-9,12,26H,10-11,13H2,1-3H3,(H,22,25);4-7,10H,8-9,11H2,1-3H3,(H,21,24,25);4-9H,10-12,19H2,1-3H3/b21-12+;;. The van der Waals surface area contributed by atoms with Gasteiger partial charge in [0.25, 0.3) is 17.6 Å². The molecule has 0 radical (unpaired) electrons. The van der Waals surface area contributed by atoms with Crippen LogP contribution in [0.5, 0.6) is 0 Å². The van der Waals surface area contributed by atoms with E-state index in [1.54, 1.807) is 66.7 Å². The highest BCUT2D eigenvalue weighted by molar-refractivity contribution is 7.89. The number of nitrogens with two attached hydrogens (primary N) is 1. The van der Waals surface area contributed by atoms with E-state index in [-0.39, 0.29) is 9.79 Å². The summed E-state index contributed by atoms with van der Waals surface area (Å²) in [5.41, 5.74) is 21.1. The van der Waals surface area contributed by atoms with Crippen molar-refractivity contribution in [2.45, 2.75) is 53.6 Å². The number of likely N-dealkylation sites (N-methyl/N-ethyl adjacent to an activating group) is 3. The van der Waals surface area contributed by atoms with Crippen molar-refractivity contribution in [2.75, 3.05) is 99.4 Å². The number of hydrogen-bond donors (Lipinski definition) is 4. The van der Waals surface area contributed by atoms with Crippen LogP contribution in [0.4, 0.5) is 17.1 Å². The maximum Gasteiger partial charge on any atom is 0.296 e. The summed E-state index contributed by atoms with van der Waals surface area (Å²) in [4.78, 5) is 43.4. The number of nitrogen functional groups attached to an aromatic ring is 1. The van der Waals surface area contributed by atoms with Gasteiger partial charge in [0.1, 0.15) is 6.21 Å². The third-order valence-corrected chi connectivity index (χ3v) is 20.4. The summed E-state index contributed by atoms with van der Waals surface area (Å²) in [5.74, 6) is -1.64. The summed E-state index contributed by atoms with van der Waals surface area (Å²) < 4.78 is 77.2. The van der Waals surface area contributed by atoms with Gasteiger partial charge >= 0.3 is 0 Å². The molecule has 4 aliphatic heterocycles. The minimum atomic E-state index is -3.51. The average molecular weight is 1160 g/mol. The monoisotopic (exact) mass is 1160 g/mol. The number of carbonyl (C=O) groups is 3. The van der Waals surface area contributed by atoms with Gasteiger partial charge in [-0.1, -0.05) is 53.7 Å². The summed E-state index contributed by atoms with van der Waals surface area (Å²) in [7, 11) is 4.79. The molecule has 0 aromatic heterocycles. The van der Waals surface area contributed by atoms with Gasteiger partial charge in [-0.15, -0.1) is 0 Å². The first kappa shape index (κ1) is 59.9. The van der Waals surface area contributed by atoms with E-state index in [2.05, 4.69) is 37.5 Å². The van der Waals surface area contributed by atoms with Crippen molar-refractivity contribution < 1.29 is 44.8 Å². The van der Waals surface area contributed by atoms with Crippen molar-refractivity contribution in [3.05, 3.63) is 142 Å². The number of Topliss-reactive ketones (excluding diaryl/α,β-unsaturated/α-hetero) is 1. The van der Waals surface area contributed by atoms with Crippen LogP contribution in [-0.2, 0) is 78.6 Å². The van der Waals surface area contributed by atoms with Crippen LogP contribution in [0.1, 0.15) is 43.7 Å². The van der Waals surface area contributed by atoms with Crippen LogP contribution < -0.4 is 16.4 Å². The van der Waals surface area contributed by atoms with E-state index in [1.807, 2.05) is 50.5 Å². The van der Waals surface area contributed by atoms with Gasteiger partial charge in [0.2, 0.25) is 30.1 Å². The van der Waals surface area contributed by atoms with Gasteiger partial charge < -0.3 is 36.3 Å². The van der Waals surface area contributed by atoms with Gasteiger partial charge in [-0.3, -0.25) is 14.4 Å². The normalized spacial score (nSPS) is 15.8. The van der Waals surface area contributed by atoms with Gasteiger partial charge in [-0.2, -0.15) is 0 Å². The molecule has 0 saturated heterocycles. The highest BCUT2D eigenvalue weighted by Crippen LogP contribution is 2.41. The van der Waals surface area contributed by atoms with Crippen LogP contribution in [0.3, 0.4) is 0 Å². The summed E-state index contributed by atoms with van der Waals surface area (Å²) in [6.45, 7) is 4.91. The van der Waals surface area contributed by atoms with E-state index in [4.69, 9.17) is 10.9 Å². The number of benzene rings is 6. The molecule has 0 bridgehead atoms. The Hall–Kier alpha value is -7.19. The molecular formula is C58H68N10O10S3. The van der Waals surface area contributed by atoms with E-state index in [0.29, 0.717) is 34.9 Å². The molecule has 10 rings (SSSR count). The van der Waals surface area contributed by atoms with E-state index >= 15 is 0 Å². The second-order valence-corrected chi connectivity index (χ2v) is 27.5. The molecule has 0 atom stereocenters. The molecule has 20 nitrogen and oxygen atoms in total. The highest BCUT2D eigenvalue weighted by Gasteiger charge is 2.35. The van der Waals surface area contributed by atoms with Gasteiger partial charge in [-0.05, 0) is 162 Å². The number of carbonyl (C=O) groups excluding carboxylic acids is 3. The van der Waals surface area contributed by atoms with Crippen molar-refractivity contribution in [3.8, 4) is 33.4 Å². The molecular weight excluding hydrogens is 1090 g/mol. The SMILES string of the molecule is CN1CCc2c(-c3ccc(S(=O)(=O)N(C)C)cc3)cc3c(c2C1)NC(=O)C3=O.CN1CCc2c(-c3ccc(S(=O)(=O)N(C)C)cc3)ccc(N)c2C1.CN1CCc2c(-c3ccc(S(=O)(=O)N(C)C)cc3)ccc(NC(=O)/C=N/O)c2C1. The molecule has 23 heteroatoms. The summed E-state index contributed by atoms with van der Waals surface area (Å²) in [6.07, 6.45) is 3.35. The van der Waals surface area contributed by atoms with Crippen molar-refractivity contribution in [3.63, 3.8) is 0 Å². The second kappa shape index (κ2) is 24.1. The van der Waals surface area contributed by atoms with Crippen molar-refractivity contribution in [1.82, 2.24) is 27.6 Å². The molecule has 428 valence electrons. The van der Waals surface area contributed by atoms with E-state index < -0.39 is 47.7 Å². The summed E-state index contributed by atoms with van der Waals surface area (Å²) in [5, 5.41) is 16.8. The number of nitrogens with zero attached hydrogens (tertiary/aromatic N) is 7. The third-order valence-electron chi connectivity index (χ3n) is 14.9. The van der Waals surface area contributed by atoms with E-state index in [1.165, 1.54) is 66.3 Å². The average Bonchev–Trinajstić information content (AvgIpc) is 4.05. The number of nitrogens with one attached hydrogen (secondary N) is 2. The number of hydrogen-bond acceptors (Lipinski definition) is 15. The topological polar surface area (TPSA) is 256 Å². The lowest BCUT2D eigenvalue weighted by Gasteiger charge is -2.29. The molecule has 4 aliphatic rings. The van der Waals surface area contributed by atoms with Gasteiger partial charge in [0.05, 0.1) is 25.9 Å². The minimum absolute atomic E-state index is 0.212. The Morgan fingerprint density at radius 2 is 0.926 bits per heavy atom. The molecule has 6 aromatic carbocycles. The quantitative estimate of drug-likeness (QED) is 0.0388. The van der Waals surface area contributed by atoms with E-state index in [0.717, 1.165) is 113 Å². The number of anilines is 3. The fourth-order valence-corrected chi connectivity index (χ4v) is 13.0. The molecule has 5 N–H and O–H groups in total. The fraction of sp³-hybridized carbons (Fsp3) is 0.310. The van der Waals surface area contributed by atoms with Crippen molar-refractivity contribution in [1.29, 1.82) is 0 Å². The second-order valence-electron chi connectivity index (χ2n) is 21.0. The maximum atomic E-state index is 12.3. The molecule has 4 heterocycles. The van der Waals surface area contributed by atoms with Gasteiger partial charge in [-0.25, -0.2) is 38.2 Å². The Bertz CT molecular complexity index is 3800. The molecule has 0 aliphatic carbocycles. The Balaban J connectivity index is 0.000000160. The fourth-order valence-electron chi connectivity index (χ4n) is 10.3. The lowest BCUT2D eigenvalue weighted by Crippen LogP contribution is -2.28. The number of oxime groups is 1. The predicted molar refractivity (Wildman–Crippen MR) is 315 cm³/mol. The number of fused-ring (bicyclic) bond motifs is 5. The zero-order valence-corrected chi connectivity index (χ0v) is 49.3. The number of amides is 2. The van der Waals surface area contributed by atoms with Crippen LogP contribution in [0.15, 0.2) is 123 Å². The predicted octanol–water partition coefficient (Wildman–Crippen LogP) is 5.89. The summed E-state index contributed by atoms with van der Waals surface area (Å²) in [6, 6.07) is 30.1. The third kappa shape index (κ3) is 12.5. The van der Waals surface area contributed by atoms with Gasteiger partial charge in [0.15, 0.2) is 0 Å². The largest absolute Gasteiger partial charge is 0.411 e. The molecule has 0 unspecified atom stereocenters. The first-order valence-electron chi connectivity index (χ1n) is 26.0. The Morgan fingerprint density at radius 1 is 0.543 bits per heavy atom. The van der Waals surface area contributed by atoms with Crippen molar-refractivity contribution >= 4 is 70.9 Å². The minimum Gasteiger partial charge on any atom is -0.411 e. The highest BCUT2D eigenvalue weighted by atomic mass is 32.2.